The van der Waals surface area contributed by atoms with E-state index < -0.39 is 6.55 Å². The maximum Gasteiger partial charge on any atom is 0.306 e. The van der Waals surface area contributed by atoms with Crippen molar-refractivity contribution in [1.29, 1.82) is 0 Å². The lowest BCUT2D eigenvalue weighted by atomic mass is 10.0. The van der Waals surface area contributed by atoms with Crippen LogP contribution >= 0.6 is 29.3 Å². The van der Waals surface area contributed by atoms with Crippen LogP contribution in [0, 0.1) is 0 Å². The molecule has 0 aliphatic rings. The molecule has 1 aromatic carbocycles. The molecule has 0 radical (unpaired) electrons. The Morgan fingerprint density at radius 3 is 1.02 bits per heavy atom. The van der Waals surface area contributed by atoms with Crippen LogP contribution in [0.2, 0.25) is 0 Å². The second-order valence-electron chi connectivity index (χ2n) is 15.8. The minimum absolute atomic E-state index is 0.129. The third-order valence-corrected chi connectivity index (χ3v) is 16.7. The first-order valence-corrected chi connectivity index (χ1v) is 28.2. The van der Waals surface area contributed by atoms with Crippen LogP contribution in [-0.4, -0.2) is 36.7 Å². The number of carbonyl (C=O) groups excluding carboxylic acids is 2. The molecule has 5 nitrogen and oxygen atoms in total. The molecule has 0 aliphatic heterocycles. The monoisotopic (exact) mass is 839 g/mol. The Hall–Kier alpha value is -0.910. The minimum atomic E-state index is -0.950. The third-order valence-electron chi connectivity index (χ3n) is 10.5. The van der Waals surface area contributed by atoms with Crippen LogP contribution in [-0.2, 0) is 19.1 Å². The Kier molecular flexibility index (Phi) is 41.4. The normalized spacial score (nSPS) is 11.3. The number of carbonyl (C=O) groups is 2. The summed E-state index contributed by atoms with van der Waals surface area (Å²) in [5.41, 5.74) is 0. The predicted molar refractivity (Wildman–Crippen MR) is 249 cm³/mol. The van der Waals surface area contributed by atoms with Gasteiger partial charge in [-0.05, 0) is 25.0 Å². The summed E-state index contributed by atoms with van der Waals surface area (Å²) in [6.07, 6.45) is 43.5. The highest BCUT2D eigenvalue weighted by Crippen LogP contribution is 2.61. The first-order valence-electron chi connectivity index (χ1n) is 23.8. The molecule has 0 amide bonds. The second-order valence-corrected chi connectivity index (χ2v) is 22.0. The number of hydrogen-bond donors (Lipinski definition) is 0. The lowest BCUT2D eigenvalue weighted by molar-refractivity contribution is -0.144. The lowest BCUT2D eigenvalue weighted by Crippen LogP contribution is -2.07. The van der Waals surface area contributed by atoms with Crippen LogP contribution in [0.5, 0.6) is 5.75 Å². The van der Waals surface area contributed by atoms with Gasteiger partial charge in [-0.15, -0.1) is 0 Å². The quantitative estimate of drug-likeness (QED) is 0.0368. The van der Waals surface area contributed by atoms with Crippen LogP contribution in [0.3, 0.4) is 0 Å². The summed E-state index contributed by atoms with van der Waals surface area (Å²) in [4.78, 5) is 24.8. The Bertz CT molecular complexity index is 912. The Labute approximate surface area is 356 Å². The molecule has 1 aromatic rings. The number of rotatable bonds is 44. The Morgan fingerprint density at radius 2 is 0.714 bits per heavy atom. The zero-order valence-corrected chi connectivity index (χ0v) is 39.1. The third kappa shape index (κ3) is 38.6. The van der Waals surface area contributed by atoms with E-state index >= 15 is 0 Å². The van der Waals surface area contributed by atoms with Crippen molar-refractivity contribution in [2.45, 2.75) is 232 Å². The first-order chi connectivity index (χ1) is 27.7. The molecule has 8 heteroatoms. The van der Waals surface area contributed by atoms with Crippen molar-refractivity contribution in [3.8, 4) is 5.75 Å². The van der Waals surface area contributed by atoms with Crippen LogP contribution < -0.4 is 4.52 Å². The topological polar surface area (TPSA) is 61.8 Å². The van der Waals surface area contributed by atoms with E-state index in [1.165, 1.54) is 180 Å². The number of para-hydroxylation sites is 1. The molecular weight excluding hydrogens is 752 g/mol. The standard InChI is InChI=1S/C48H87O5PS2/c1-3-5-7-9-11-13-15-17-19-21-23-25-27-29-31-36-42-51-47(49)40-44-55-54(53-46-38-34-33-35-39-46)56-45-41-48(50)52-43-37-32-30-28-26-24-22-20-18-16-14-12-10-8-6-4-2/h33-35,38-39H,3-32,36-37,40-45H2,1-2H3. The molecule has 0 unspecified atom stereocenters. The molecule has 0 heterocycles. The van der Waals surface area contributed by atoms with Gasteiger partial charge in [-0.2, -0.15) is 0 Å². The van der Waals surface area contributed by atoms with E-state index in [-0.39, 0.29) is 11.9 Å². The van der Waals surface area contributed by atoms with Gasteiger partial charge in [-0.1, -0.05) is 247 Å². The van der Waals surface area contributed by atoms with Crippen LogP contribution in [0.1, 0.15) is 232 Å². The van der Waals surface area contributed by atoms with Crippen molar-refractivity contribution in [2.24, 2.45) is 0 Å². The van der Waals surface area contributed by atoms with Crippen molar-refractivity contribution >= 4 is 41.3 Å². The molecule has 0 fully saturated rings. The van der Waals surface area contributed by atoms with Gasteiger partial charge in [0.2, 0.25) is 6.55 Å². The summed E-state index contributed by atoms with van der Waals surface area (Å²) in [5.74, 6) is 1.85. The van der Waals surface area contributed by atoms with Gasteiger partial charge in [-0.25, -0.2) is 0 Å². The van der Waals surface area contributed by atoms with Crippen molar-refractivity contribution in [1.82, 2.24) is 0 Å². The molecule has 0 N–H and O–H groups in total. The van der Waals surface area contributed by atoms with E-state index in [2.05, 4.69) is 13.8 Å². The molecule has 0 aliphatic carbocycles. The van der Waals surface area contributed by atoms with Gasteiger partial charge in [0.1, 0.15) is 5.75 Å². The van der Waals surface area contributed by atoms with Crippen LogP contribution in [0.4, 0.5) is 0 Å². The fourth-order valence-corrected chi connectivity index (χ4v) is 12.7. The Balaban J connectivity index is 2.02. The van der Waals surface area contributed by atoms with E-state index in [4.69, 9.17) is 14.0 Å². The number of esters is 2. The van der Waals surface area contributed by atoms with Crippen molar-refractivity contribution in [3.05, 3.63) is 30.3 Å². The number of ether oxygens (including phenoxy) is 2. The average Bonchev–Trinajstić information content (AvgIpc) is 3.20. The minimum Gasteiger partial charge on any atom is -0.466 e. The van der Waals surface area contributed by atoms with Crippen molar-refractivity contribution < 1.29 is 23.6 Å². The van der Waals surface area contributed by atoms with Crippen molar-refractivity contribution in [3.63, 3.8) is 0 Å². The molecule has 326 valence electrons. The smallest absolute Gasteiger partial charge is 0.306 e. The highest BCUT2D eigenvalue weighted by Gasteiger charge is 2.16. The maximum atomic E-state index is 12.4. The molecule has 1 rings (SSSR count). The molecule has 0 bridgehead atoms. The van der Waals surface area contributed by atoms with Gasteiger partial charge in [0.25, 0.3) is 0 Å². The number of benzene rings is 1. The zero-order chi connectivity index (χ0) is 40.3. The van der Waals surface area contributed by atoms with E-state index in [1.807, 2.05) is 30.3 Å². The van der Waals surface area contributed by atoms with E-state index in [0.29, 0.717) is 37.6 Å². The molecule has 0 saturated heterocycles. The van der Waals surface area contributed by atoms with Crippen LogP contribution in [0.25, 0.3) is 0 Å². The number of unbranched alkanes of at least 4 members (excludes halogenated alkanes) is 30. The van der Waals surface area contributed by atoms with Gasteiger partial charge in [0, 0.05) is 11.5 Å². The molecule has 0 spiro atoms. The Morgan fingerprint density at radius 1 is 0.429 bits per heavy atom. The first kappa shape index (κ1) is 53.1. The van der Waals surface area contributed by atoms with E-state index in [0.717, 1.165) is 31.4 Å². The summed E-state index contributed by atoms with van der Waals surface area (Å²) < 4.78 is 17.3. The lowest BCUT2D eigenvalue weighted by Gasteiger charge is -2.16. The fraction of sp³-hybridized carbons (Fsp3) is 0.833. The van der Waals surface area contributed by atoms with Gasteiger partial charge in [-0.3, -0.25) is 9.59 Å². The SMILES string of the molecule is CCCCCCCCCCCCCCCCCCOC(=O)CCSP(Oc1ccccc1)SCCC(=O)OCCCCCCCCCCCCCCCCCC. The second kappa shape index (κ2) is 43.7. The van der Waals surface area contributed by atoms with E-state index in [9.17, 15) is 9.59 Å². The highest BCUT2D eigenvalue weighted by molar-refractivity contribution is 8.87. The maximum absolute atomic E-state index is 12.4. The average molecular weight is 839 g/mol. The molecule has 0 atom stereocenters. The van der Waals surface area contributed by atoms with Gasteiger partial charge >= 0.3 is 11.9 Å². The molecule has 56 heavy (non-hydrogen) atoms. The van der Waals surface area contributed by atoms with Crippen molar-refractivity contribution in [2.75, 3.05) is 24.7 Å². The molecular formula is C48H87O5PS2. The summed E-state index contributed by atoms with van der Waals surface area (Å²) in [7, 11) is 0. The summed E-state index contributed by atoms with van der Waals surface area (Å²) >= 11 is 3.31. The largest absolute Gasteiger partial charge is 0.466 e. The summed E-state index contributed by atoms with van der Waals surface area (Å²) in [6.45, 7) is 4.66. The zero-order valence-electron chi connectivity index (χ0n) is 36.6. The van der Waals surface area contributed by atoms with Gasteiger partial charge in [0.05, 0.1) is 26.1 Å². The fourth-order valence-electron chi connectivity index (χ4n) is 6.88. The van der Waals surface area contributed by atoms with Gasteiger partial charge < -0.3 is 14.0 Å². The molecule has 0 saturated carbocycles. The summed E-state index contributed by atoms with van der Waals surface area (Å²) in [5, 5.41) is 0. The molecule has 0 aromatic heterocycles. The summed E-state index contributed by atoms with van der Waals surface area (Å²) in [6, 6.07) is 9.80. The predicted octanol–water partition coefficient (Wildman–Crippen LogP) is 17.1. The highest BCUT2D eigenvalue weighted by atomic mass is 33.1. The van der Waals surface area contributed by atoms with E-state index in [1.54, 1.807) is 22.8 Å². The van der Waals surface area contributed by atoms with Crippen LogP contribution in [0.15, 0.2) is 30.3 Å². The van der Waals surface area contributed by atoms with Gasteiger partial charge in [0.15, 0.2) is 0 Å². The number of hydrogen-bond acceptors (Lipinski definition) is 7.